The number of alkyl halides is 24. The number of fused-ring (bicyclic) bond motifs is 8. The molecule has 2 aliphatic rings. The van der Waals surface area contributed by atoms with E-state index < -0.39 is 229 Å². The fourth-order valence-corrected chi connectivity index (χ4v) is 12.4. The van der Waals surface area contributed by atoms with E-state index in [1.54, 1.807) is 0 Å². The predicted octanol–water partition coefficient (Wildman–Crippen LogP) is 22.0. The molecule has 0 unspecified atom stereocenters. The average Bonchev–Trinajstić information content (AvgIpc) is 1.59. The summed E-state index contributed by atoms with van der Waals surface area (Å²) in [6.45, 7) is 0. The second-order valence-corrected chi connectivity index (χ2v) is 22.8. The van der Waals surface area contributed by atoms with Crippen molar-refractivity contribution in [1.29, 1.82) is 0 Å². The first kappa shape index (κ1) is 73.6. The maximum atomic E-state index is 15.8. The topological polar surface area (TPSA) is 106 Å². The number of benzene rings is 8. The van der Waals surface area contributed by atoms with E-state index in [1.165, 1.54) is 0 Å². The van der Waals surface area contributed by atoms with Gasteiger partial charge in [0.2, 0.25) is 0 Å². The number of rotatable bonds is 8. The summed E-state index contributed by atoms with van der Waals surface area (Å²) >= 11 is 0. The standard InChI is InChI=1S/C72H32F24N8.Ni/c73-65(74,75)41-25-9-1-17-33(41)49-50(34-18-2-10-26-42(34)66(76,77)78)58-97-57(49)101-59-51(35-19-3-11-27-43(35)67(79,80)81)52(36-20-4-12-28-44(36)68(82,83)84)61(98-59)103-63-55(39-23-7-15-31-47(39)71(91,92)93)56(40-24-8-16-32-48(40)72(94,95)96)64(100-63)104-62-54(38-22-6-14-30-46(38)70(88,89)90)53(60(99-62)102-58)37-21-5-13-29-45(37)69(85,86)87;/h1-32H;/q-2;+2. The minimum Gasteiger partial charge on any atom is -0.357 e. The zero-order chi connectivity index (χ0) is 74.8. The second kappa shape index (κ2) is 26.2. The molecule has 8 aromatic carbocycles. The van der Waals surface area contributed by atoms with Gasteiger partial charge in [0.25, 0.3) is 0 Å². The Morgan fingerprint density at radius 2 is 0.314 bits per heavy atom. The first-order valence-corrected chi connectivity index (χ1v) is 29.7. The summed E-state index contributed by atoms with van der Waals surface area (Å²) < 4.78 is 380. The Hall–Kier alpha value is -11.1. The molecule has 0 atom stereocenters. The SMILES string of the molecule is FC(F)(F)c1ccccc1C1=C(c2ccccc2C(F)(F)F)c2nc1nc1[n-]c(nc3nc(nc4[n-]c(n2)c(-c2ccccc2C(F)(F)F)c4-c2ccccc2C(F)(F)F)C(c2ccccc2C(F)(F)F)=C3c2ccccc2C(F)(F)F)c(-c2ccccc2C(F)(F)F)c1-c1ccccc1C(F)(F)F.[Ni+2]. The molecule has 105 heavy (non-hydrogen) atoms. The molecule has 0 N–H and O–H groups in total. The molecule has 33 heteroatoms. The van der Waals surface area contributed by atoms with Gasteiger partial charge in [0.05, 0.1) is 67.8 Å². The van der Waals surface area contributed by atoms with Crippen LogP contribution in [-0.4, -0.2) is 29.9 Å². The van der Waals surface area contributed by atoms with Crippen LogP contribution in [-0.2, 0) is 65.9 Å². The minimum absolute atomic E-state index is 0. The molecule has 0 saturated heterocycles. The predicted molar refractivity (Wildman–Crippen MR) is 328 cm³/mol. The Morgan fingerprint density at radius 1 is 0.181 bits per heavy atom. The number of halogens is 24. The van der Waals surface area contributed by atoms with E-state index in [0.29, 0.717) is 97.1 Å². The van der Waals surface area contributed by atoms with Gasteiger partial charge >= 0.3 is 65.9 Å². The van der Waals surface area contributed by atoms with Gasteiger partial charge in [-0.25, -0.2) is 9.97 Å². The first-order valence-electron chi connectivity index (χ1n) is 29.7. The quantitative estimate of drug-likeness (QED) is 0.109. The van der Waals surface area contributed by atoms with Gasteiger partial charge in [-0.2, -0.15) is 105 Å². The molecule has 8 bridgehead atoms. The van der Waals surface area contributed by atoms with E-state index in [9.17, 15) is 0 Å². The van der Waals surface area contributed by atoms with Gasteiger partial charge < -0.3 is 29.9 Å². The molecule has 3 aromatic heterocycles. The van der Waals surface area contributed by atoms with Crippen molar-refractivity contribution in [2.24, 2.45) is 0 Å². The van der Waals surface area contributed by atoms with Crippen molar-refractivity contribution >= 4 is 44.9 Å². The molecular formula is C72H32F24N8Ni. The fourth-order valence-electron chi connectivity index (χ4n) is 12.4. The first-order chi connectivity index (χ1) is 48.7. The Kier molecular flexibility index (Phi) is 18.4. The van der Waals surface area contributed by atoms with Crippen molar-refractivity contribution in [3.05, 3.63) is 284 Å². The van der Waals surface area contributed by atoms with Crippen LogP contribution in [0.1, 0.15) is 90.1 Å². The Balaban J connectivity index is 0.0000104. The zero-order valence-corrected chi connectivity index (χ0v) is 52.4. The summed E-state index contributed by atoms with van der Waals surface area (Å²) in [5, 5.41) is 0. The molecule has 0 saturated carbocycles. The fraction of sp³-hybridized carbons (Fsp3) is 0.111. The van der Waals surface area contributed by atoms with Crippen molar-refractivity contribution in [3.8, 4) is 44.5 Å². The second-order valence-electron chi connectivity index (χ2n) is 22.8. The van der Waals surface area contributed by atoms with Gasteiger partial charge in [0, 0.05) is 67.1 Å². The Morgan fingerprint density at radius 3 is 0.467 bits per heavy atom. The van der Waals surface area contributed by atoms with E-state index in [-0.39, 0.29) is 16.5 Å². The van der Waals surface area contributed by atoms with Gasteiger partial charge in [0.1, 0.15) is 0 Å². The zero-order valence-electron chi connectivity index (χ0n) is 51.4. The summed E-state index contributed by atoms with van der Waals surface area (Å²) in [5.74, 6) is -5.83. The van der Waals surface area contributed by atoms with Gasteiger partial charge in [-0.15, -0.1) is 0 Å². The van der Waals surface area contributed by atoms with Gasteiger partial charge in [-0.1, -0.05) is 146 Å². The smallest absolute Gasteiger partial charge is 0.357 e. The van der Waals surface area contributed by atoms with Crippen LogP contribution in [0, 0.1) is 0 Å². The molecule has 11 aromatic rings. The average molecular weight is 1520 g/mol. The molecule has 5 heterocycles. The van der Waals surface area contributed by atoms with Crippen LogP contribution in [0.5, 0.6) is 0 Å². The van der Waals surface area contributed by atoms with Crippen LogP contribution in [0.25, 0.3) is 89.4 Å². The van der Waals surface area contributed by atoms with Crippen LogP contribution < -0.4 is 9.97 Å². The van der Waals surface area contributed by atoms with E-state index >= 15 is 105 Å². The Labute approximate surface area is 582 Å². The molecule has 0 amide bonds. The van der Waals surface area contributed by atoms with Gasteiger partial charge in [-0.05, 0) is 93.0 Å². The van der Waals surface area contributed by atoms with Crippen LogP contribution in [0.2, 0.25) is 0 Å². The molecule has 2 aliphatic heterocycles. The maximum absolute atomic E-state index is 15.8. The maximum Gasteiger partial charge on any atom is 2.00 e. The van der Waals surface area contributed by atoms with Crippen LogP contribution in [0.3, 0.4) is 0 Å². The van der Waals surface area contributed by atoms with Gasteiger partial charge in [-0.3, -0.25) is 0 Å². The number of aromatic nitrogens is 8. The van der Waals surface area contributed by atoms with Crippen molar-refractivity contribution < 1.29 is 122 Å². The van der Waals surface area contributed by atoms with E-state index in [0.717, 1.165) is 97.1 Å². The third-order valence-electron chi connectivity index (χ3n) is 16.5. The van der Waals surface area contributed by atoms with Crippen LogP contribution >= 0.6 is 0 Å². The van der Waals surface area contributed by atoms with Crippen molar-refractivity contribution in [2.75, 3.05) is 0 Å². The summed E-state index contributed by atoms with van der Waals surface area (Å²) in [6.07, 6.45) is -45.0. The summed E-state index contributed by atoms with van der Waals surface area (Å²) in [5.41, 5.74) is -40.8. The van der Waals surface area contributed by atoms with Crippen molar-refractivity contribution in [1.82, 2.24) is 39.9 Å². The molecule has 0 radical (unpaired) electrons. The number of hydrogen-bond donors (Lipinski definition) is 0. The van der Waals surface area contributed by atoms with E-state index in [1.807, 2.05) is 0 Å². The summed E-state index contributed by atoms with van der Waals surface area (Å²) in [7, 11) is 0. The summed E-state index contributed by atoms with van der Waals surface area (Å²) in [6, 6.07) is 20.6. The largest absolute Gasteiger partial charge is 2.00 e. The summed E-state index contributed by atoms with van der Waals surface area (Å²) in [4.78, 5) is 34.5. The number of hydrogen-bond acceptors (Lipinski definition) is 6. The minimum atomic E-state index is -5.62. The molecule has 8 nitrogen and oxygen atoms in total. The normalized spacial score (nSPS) is 13.6. The van der Waals surface area contributed by atoms with Gasteiger partial charge in [0.15, 0.2) is 0 Å². The van der Waals surface area contributed by atoms with E-state index in [2.05, 4.69) is 39.9 Å². The van der Waals surface area contributed by atoms with Crippen molar-refractivity contribution in [2.45, 2.75) is 49.4 Å². The molecule has 0 spiro atoms. The van der Waals surface area contributed by atoms with Crippen LogP contribution in [0.15, 0.2) is 194 Å². The molecular weight excluding hydrogens is 1490 g/mol. The molecule has 0 fully saturated rings. The number of nitrogens with zero attached hydrogens (tertiary/aromatic N) is 8. The molecule has 0 aliphatic carbocycles. The van der Waals surface area contributed by atoms with Crippen LogP contribution in [0.4, 0.5) is 105 Å². The van der Waals surface area contributed by atoms with E-state index in [4.69, 9.17) is 0 Å². The van der Waals surface area contributed by atoms with Crippen molar-refractivity contribution in [3.63, 3.8) is 0 Å². The Bertz CT molecular complexity index is 4870. The molecule has 13 rings (SSSR count). The monoisotopic (exact) mass is 1520 g/mol. The molecule has 538 valence electrons. The third kappa shape index (κ3) is 13.7. The third-order valence-corrected chi connectivity index (χ3v) is 16.5.